The van der Waals surface area contributed by atoms with Gasteiger partial charge in [-0.15, -0.1) is 0 Å². The fraction of sp³-hybridized carbons (Fsp3) is 0.467. The van der Waals surface area contributed by atoms with Crippen molar-refractivity contribution in [3.8, 4) is 0 Å². The van der Waals surface area contributed by atoms with E-state index in [0.717, 1.165) is 17.8 Å². The summed E-state index contributed by atoms with van der Waals surface area (Å²) in [5.74, 6) is 0.573. The molecule has 2 heterocycles. The molecule has 2 aromatic heterocycles. The third kappa shape index (κ3) is 3.20. The Morgan fingerprint density at radius 1 is 1.26 bits per heavy atom. The van der Waals surface area contributed by atoms with Crippen molar-refractivity contribution < 1.29 is 0 Å². The molecule has 2 unspecified atom stereocenters. The van der Waals surface area contributed by atoms with E-state index in [1.165, 1.54) is 0 Å². The van der Waals surface area contributed by atoms with Crippen molar-refractivity contribution >= 4 is 0 Å². The maximum atomic E-state index is 6.28. The first-order valence-electron chi connectivity index (χ1n) is 6.77. The van der Waals surface area contributed by atoms with Crippen LogP contribution in [0.4, 0.5) is 0 Å². The highest BCUT2D eigenvalue weighted by molar-refractivity contribution is 5.14. The zero-order valence-electron chi connectivity index (χ0n) is 11.8. The van der Waals surface area contributed by atoms with Crippen LogP contribution in [0.5, 0.6) is 0 Å². The summed E-state index contributed by atoms with van der Waals surface area (Å²) >= 11 is 0. The summed E-state index contributed by atoms with van der Waals surface area (Å²) in [6.07, 6.45) is 6.48. The second-order valence-electron chi connectivity index (χ2n) is 5.39. The maximum Gasteiger partial charge on any atom is 0.0954 e. The number of hydrogen-bond acceptors (Lipinski definition) is 3. The molecule has 0 aromatic carbocycles. The number of aromatic nitrogens is 3. The number of nitrogens with two attached hydrogens (primary N) is 1. The topological polar surface area (TPSA) is 56.7 Å². The van der Waals surface area contributed by atoms with Crippen molar-refractivity contribution in [3.05, 3.63) is 48.3 Å². The van der Waals surface area contributed by atoms with Gasteiger partial charge in [-0.1, -0.05) is 19.9 Å². The van der Waals surface area contributed by atoms with Gasteiger partial charge < -0.3 is 10.3 Å². The molecular formula is C15H22N4. The first-order chi connectivity index (χ1) is 9.09. The van der Waals surface area contributed by atoms with Crippen LogP contribution in [0.25, 0.3) is 0 Å². The van der Waals surface area contributed by atoms with Crippen LogP contribution in [0.1, 0.15) is 50.7 Å². The van der Waals surface area contributed by atoms with E-state index in [1.54, 1.807) is 0 Å². The lowest BCUT2D eigenvalue weighted by molar-refractivity contribution is 0.473. The Bertz CT molecular complexity index is 504. The van der Waals surface area contributed by atoms with E-state index < -0.39 is 0 Å². The van der Waals surface area contributed by atoms with Crippen molar-refractivity contribution in [1.82, 2.24) is 14.5 Å². The van der Waals surface area contributed by atoms with E-state index in [-0.39, 0.29) is 12.1 Å². The summed E-state index contributed by atoms with van der Waals surface area (Å²) < 4.78 is 2.12. The predicted molar refractivity (Wildman–Crippen MR) is 76.7 cm³/mol. The minimum Gasteiger partial charge on any atom is -0.324 e. The summed E-state index contributed by atoms with van der Waals surface area (Å²) in [5.41, 5.74) is 8.38. The normalized spacial score (nSPS) is 14.6. The summed E-state index contributed by atoms with van der Waals surface area (Å²) in [4.78, 5) is 8.66. The first-order valence-corrected chi connectivity index (χ1v) is 6.77. The molecule has 0 aliphatic carbocycles. The van der Waals surface area contributed by atoms with Crippen LogP contribution < -0.4 is 5.73 Å². The van der Waals surface area contributed by atoms with E-state index in [0.29, 0.717) is 5.92 Å². The molecule has 2 aromatic rings. The second kappa shape index (κ2) is 5.97. The van der Waals surface area contributed by atoms with Crippen LogP contribution >= 0.6 is 0 Å². The Morgan fingerprint density at radius 3 is 2.68 bits per heavy atom. The van der Waals surface area contributed by atoms with Crippen LogP contribution in [0.3, 0.4) is 0 Å². The Kier molecular flexibility index (Phi) is 4.32. The zero-order chi connectivity index (χ0) is 13.8. The van der Waals surface area contributed by atoms with Gasteiger partial charge in [0.2, 0.25) is 0 Å². The highest BCUT2D eigenvalue weighted by atomic mass is 15.1. The largest absolute Gasteiger partial charge is 0.324 e. The van der Waals surface area contributed by atoms with E-state index in [9.17, 15) is 0 Å². The highest BCUT2D eigenvalue weighted by Crippen LogP contribution is 2.24. The molecule has 0 bridgehead atoms. The molecule has 4 nitrogen and oxygen atoms in total. The maximum absolute atomic E-state index is 6.28. The van der Waals surface area contributed by atoms with Gasteiger partial charge in [-0.05, 0) is 31.4 Å². The molecule has 0 amide bonds. The van der Waals surface area contributed by atoms with Gasteiger partial charge >= 0.3 is 0 Å². The first kappa shape index (κ1) is 13.7. The summed E-state index contributed by atoms with van der Waals surface area (Å²) in [6.45, 7) is 6.49. The third-order valence-corrected chi connectivity index (χ3v) is 3.33. The number of pyridine rings is 1. The molecule has 0 aliphatic rings. The van der Waals surface area contributed by atoms with E-state index in [1.807, 2.05) is 36.9 Å². The second-order valence-corrected chi connectivity index (χ2v) is 5.39. The number of rotatable bonds is 5. The SMILES string of the molecule is CC(C)CC(N)c1cncn1C(C)c1ccccn1. The van der Waals surface area contributed by atoms with Gasteiger partial charge in [-0.3, -0.25) is 4.98 Å². The third-order valence-electron chi connectivity index (χ3n) is 3.33. The van der Waals surface area contributed by atoms with E-state index in [2.05, 4.69) is 35.3 Å². The Balaban J connectivity index is 2.24. The van der Waals surface area contributed by atoms with Crippen LogP contribution in [-0.2, 0) is 0 Å². The minimum absolute atomic E-state index is 0.0219. The standard InChI is InChI=1S/C15H22N4/c1-11(2)8-13(16)15-9-17-10-19(15)12(3)14-6-4-5-7-18-14/h4-7,9-13H,8,16H2,1-3H3. The van der Waals surface area contributed by atoms with Gasteiger partial charge in [0.1, 0.15) is 0 Å². The molecule has 0 spiro atoms. The van der Waals surface area contributed by atoms with Crippen molar-refractivity contribution in [2.24, 2.45) is 11.7 Å². The molecule has 2 atom stereocenters. The zero-order valence-corrected chi connectivity index (χ0v) is 11.8. The van der Waals surface area contributed by atoms with Crippen molar-refractivity contribution in [2.75, 3.05) is 0 Å². The Labute approximate surface area is 114 Å². The molecule has 0 aliphatic heterocycles. The molecular weight excluding hydrogens is 236 g/mol. The Hall–Kier alpha value is -1.68. The molecule has 2 N–H and O–H groups in total. The average molecular weight is 258 g/mol. The monoisotopic (exact) mass is 258 g/mol. The minimum atomic E-state index is 0.0219. The molecule has 19 heavy (non-hydrogen) atoms. The molecule has 0 saturated carbocycles. The van der Waals surface area contributed by atoms with Crippen LogP contribution in [-0.4, -0.2) is 14.5 Å². The quantitative estimate of drug-likeness (QED) is 0.897. The average Bonchev–Trinajstić information content (AvgIpc) is 2.87. The van der Waals surface area contributed by atoms with Crippen molar-refractivity contribution in [1.29, 1.82) is 0 Å². The lowest BCUT2D eigenvalue weighted by Crippen LogP contribution is -2.19. The summed E-state index contributed by atoms with van der Waals surface area (Å²) in [5, 5.41) is 0. The van der Waals surface area contributed by atoms with Gasteiger partial charge in [0, 0.05) is 18.4 Å². The van der Waals surface area contributed by atoms with Crippen LogP contribution in [0, 0.1) is 5.92 Å². The van der Waals surface area contributed by atoms with Gasteiger partial charge in [-0.25, -0.2) is 4.98 Å². The smallest absolute Gasteiger partial charge is 0.0954 e. The van der Waals surface area contributed by atoms with Crippen molar-refractivity contribution in [3.63, 3.8) is 0 Å². The molecule has 102 valence electrons. The van der Waals surface area contributed by atoms with Crippen molar-refractivity contribution in [2.45, 2.75) is 39.3 Å². The molecule has 0 saturated heterocycles. The highest BCUT2D eigenvalue weighted by Gasteiger charge is 2.17. The molecule has 2 rings (SSSR count). The lowest BCUT2D eigenvalue weighted by Gasteiger charge is -2.20. The summed E-state index contributed by atoms with van der Waals surface area (Å²) in [6, 6.07) is 6.13. The molecule has 0 fully saturated rings. The van der Waals surface area contributed by atoms with E-state index >= 15 is 0 Å². The number of nitrogens with zero attached hydrogens (tertiary/aromatic N) is 3. The van der Waals surface area contributed by atoms with Gasteiger partial charge in [-0.2, -0.15) is 0 Å². The molecule has 0 radical (unpaired) electrons. The van der Waals surface area contributed by atoms with E-state index in [4.69, 9.17) is 5.73 Å². The number of imidazole rings is 1. The molecule has 4 heteroatoms. The van der Waals surface area contributed by atoms with Crippen LogP contribution in [0.2, 0.25) is 0 Å². The predicted octanol–water partition coefficient (Wildman–Crippen LogP) is 2.93. The fourth-order valence-corrected chi connectivity index (χ4v) is 2.32. The van der Waals surface area contributed by atoms with Gasteiger partial charge in [0.05, 0.1) is 23.8 Å². The van der Waals surface area contributed by atoms with Crippen LogP contribution in [0.15, 0.2) is 36.9 Å². The summed E-state index contributed by atoms with van der Waals surface area (Å²) in [7, 11) is 0. The number of hydrogen-bond donors (Lipinski definition) is 1. The lowest BCUT2D eigenvalue weighted by atomic mass is 10.0. The Morgan fingerprint density at radius 2 is 2.05 bits per heavy atom. The van der Waals surface area contributed by atoms with Gasteiger partial charge in [0.15, 0.2) is 0 Å². The fourth-order valence-electron chi connectivity index (χ4n) is 2.32. The van der Waals surface area contributed by atoms with Gasteiger partial charge in [0.25, 0.3) is 0 Å².